The molecule has 1 amide bonds. The average Bonchev–Trinajstić information content (AvgIpc) is 2.94. The van der Waals surface area contributed by atoms with Crippen molar-refractivity contribution in [2.24, 2.45) is 5.73 Å². The number of benzene rings is 2. The van der Waals surface area contributed by atoms with Crippen molar-refractivity contribution in [2.75, 3.05) is 13.1 Å². The maximum Gasteiger partial charge on any atom is 0.251 e. The van der Waals surface area contributed by atoms with E-state index in [0.29, 0.717) is 25.1 Å². The van der Waals surface area contributed by atoms with Crippen LogP contribution in [0.2, 0.25) is 0 Å². The zero-order valence-corrected chi connectivity index (χ0v) is 12.4. The lowest BCUT2D eigenvalue weighted by Gasteiger charge is -2.27. The zero-order chi connectivity index (χ0) is 15.4. The number of carbonyl (C=O) groups excluding carboxylic acids is 1. The van der Waals surface area contributed by atoms with Crippen LogP contribution in [0.4, 0.5) is 0 Å². The summed E-state index contributed by atoms with van der Waals surface area (Å²) in [4.78, 5) is 12.0. The molecule has 3 N–H and O–H groups in total. The van der Waals surface area contributed by atoms with Crippen molar-refractivity contribution in [3.05, 3.63) is 65.7 Å². The fourth-order valence-electron chi connectivity index (χ4n) is 2.82. The van der Waals surface area contributed by atoms with Gasteiger partial charge in [0.25, 0.3) is 5.91 Å². The van der Waals surface area contributed by atoms with Crippen LogP contribution in [0, 0.1) is 0 Å². The SMILES string of the molecule is NCC1(CCNC(=O)c2ccccc2)Cc2ccccc2O1. The van der Waals surface area contributed by atoms with Gasteiger partial charge >= 0.3 is 0 Å². The smallest absolute Gasteiger partial charge is 0.251 e. The maximum atomic E-state index is 12.0. The average molecular weight is 296 g/mol. The van der Waals surface area contributed by atoms with Gasteiger partial charge in [-0.05, 0) is 23.8 Å². The van der Waals surface area contributed by atoms with Crippen molar-refractivity contribution in [1.82, 2.24) is 5.32 Å². The van der Waals surface area contributed by atoms with Gasteiger partial charge in [0.05, 0.1) is 0 Å². The van der Waals surface area contributed by atoms with Gasteiger partial charge in [-0.2, -0.15) is 0 Å². The molecule has 4 heteroatoms. The van der Waals surface area contributed by atoms with Gasteiger partial charge in [-0.15, -0.1) is 0 Å². The Bertz CT molecular complexity index is 630. The van der Waals surface area contributed by atoms with E-state index in [1.165, 1.54) is 5.56 Å². The third-order valence-corrected chi connectivity index (χ3v) is 4.09. The Kier molecular flexibility index (Phi) is 4.11. The number of amides is 1. The Balaban J connectivity index is 1.58. The molecule has 1 aliphatic heterocycles. The van der Waals surface area contributed by atoms with E-state index in [-0.39, 0.29) is 5.91 Å². The summed E-state index contributed by atoms with van der Waals surface area (Å²) in [5, 5.41) is 2.94. The molecule has 3 rings (SSSR count). The molecule has 0 bridgehead atoms. The molecule has 0 spiro atoms. The van der Waals surface area contributed by atoms with E-state index in [4.69, 9.17) is 10.5 Å². The second-order valence-electron chi connectivity index (χ2n) is 5.65. The second kappa shape index (κ2) is 6.20. The predicted octanol–water partition coefficient (Wildman–Crippen LogP) is 2.14. The van der Waals surface area contributed by atoms with Crippen LogP contribution in [0.5, 0.6) is 5.75 Å². The van der Waals surface area contributed by atoms with Crippen LogP contribution in [0.1, 0.15) is 22.3 Å². The Morgan fingerprint density at radius 2 is 1.86 bits per heavy atom. The van der Waals surface area contributed by atoms with Gasteiger partial charge < -0.3 is 15.8 Å². The largest absolute Gasteiger partial charge is 0.485 e. The topological polar surface area (TPSA) is 64.3 Å². The van der Waals surface area contributed by atoms with Crippen molar-refractivity contribution in [3.63, 3.8) is 0 Å². The third kappa shape index (κ3) is 2.97. The van der Waals surface area contributed by atoms with Gasteiger partial charge in [-0.3, -0.25) is 4.79 Å². The lowest BCUT2D eigenvalue weighted by molar-refractivity contribution is 0.0854. The number of para-hydroxylation sites is 1. The number of ether oxygens (including phenoxy) is 1. The van der Waals surface area contributed by atoms with E-state index >= 15 is 0 Å². The first-order valence-electron chi connectivity index (χ1n) is 7.53. The van der Waals surface area contributed by atoms with Gasteiger partial charge in [-0.1, -0.05) is 36.4 Å². The van der Waals surface area contributed by atoms with Crippen LogP contribution in [0.25, 0.3) is 0 Å². The van der Waals surface area contributed by atoms with Crippen molar-refractivity contribution < 1.29 is 9.53 Å². The molecule has 1 unspecified atom stereocenters. The van der Waals surface area contributed by atoms with Crippen LogP contribution in [-0.2, 0) is 6.42 Å². The third-order valence-electron chi connectivity index (χ3n) is 4.09. The summed E-state index contributed by atoms with van der Waals surface area (Å²) >= 11 is 0. The molecule has 2 aromatic rings. The van der Waals surface area contributed by atoms with Gasteiger partial charge in [0, 0.05) is 31.5 Å². The second-order valence-corrected chi connectivity index (χ2v) is 5.65. The van der Waals surface area contributed by atoms with Crippen LogP contribution >= 0.6 is 0 Å². The lowest BCUT2D eigenvalue weighted by Crippen LogP contribution is -2.45. The van der Waals surface area contributed by atoms with Gasteiger partial charge in [-0.25, -0.2) is 0 Å². The highest BCUT2D eigenvalue weighted by atomic mass is 16.5. The van der Waals surface area contributed by atoms with Gasteiger partial charge in [0.15, 0.2) is 0 Å². The van der Waals surface area contributed by atoms with E-state index in [2.05, 4.69) is 11.4 Å². The highest BCUT2D eigenvalue weighted by Gasteiger charge is 2.37. The molecule has 2 aromatic carbocycles. The summed E-state index contributed by atoms with van der Waals surface area (Å²) in [6.45, 7) is 0.974. The number of rotatable bonds is 5. The lowest BCUT2D eigenvalue weighted by atomic mass is 9.93. The minimum absolute atomic E-state index is 0.0664. The molecule has 1 heterocycles. The molecule has 0 aliphatic carbocycles. The van der Waals surface area contributed by atoms with Gasteiger partial charge in [0.1, 0.15) is 11.4 Å². The summed E-state index contributed by atoms with van der Waals surface area (Å²) in [5.74, 6) is 0.839. The minimum Gasteiger partial charge on any atom is -0.485 e. The number of fused-ring (bicyclic) bond motifs is 1. The highest BCUT2D eigenvalue weighted by Crippen LogP contribution is 2.36. The van der Waals surface area contributed by atoms with Crippen LogP contribution in [0.3, 0.4) is 0 Å². The molecule has 114 valence electrons. The van der Waals surface area contributed by atoms with E-state index in [9.17, 15) is 4.79 Å². The molecule has 0 aromatic heterocycles. The van der Waals surface area contributed by atoms with E-state index in [1.54, 1.807) is 12.1 Å². The zero-order valence-electron chi connectivity index (χ0n) is 12.4. The Morgan fingerprint density at radius 1 is 1.14 bits per heavy atom. The quantitative estimate of drug-likeness (QED) is 0.888. The molecule has 0 fully saturated rings. The molecule has 0 radical (unpaired) electrons. The number of nitrogens with two attached hydrogens (primary N) is 1. The molecule has 1 aliphatic rings. The molecule has 0 saturated heterocycles. The normalized spacial score (nSPS) is 19.3. The fourth-order valence-corrected chi connectivity index (χ4v) is 2.82. The molecule has 1 atom stereocenters. The molecular formula is C18H20N2O2. The predicted molar refractivity (Wildman–Crippen MR) is 86.0 cm³/mol. The Morgan fingerprint density at radius 3 is 2.59 bits per heavy atom. The van der Waals surface area contributed by atoms with Gasteiger partial charge in [0.2, 0.25) is 0 Å². The monoisotopic (exact) mass is 296 g/mol. The molecule has 22 heavy (non-hydrogen) atoms. The van der Waals surface area contributed by atoms with Crippen LogP contribution in [0.15, 0.2) is 54.6 Å². The van der Waals surface area contributed by atoms with Crippen molar-refractivity contribution in [3.8, 4) is 5.75 Å². The summed E-state index contributed by atoms with van der Waals surface area (Å²) in [5.41, 5.74) is 7.38. The number of hydrogen-bond donors (Lipinski definition) is 2. The van der Waals surface area contributed by atoms with E-state index < -0.39 is 5.60 Å². The molecule has 0 saturated carbocycles. The van der Waals surface area contributed by atoms with Crippen molar-refractivity contribution in [2.45, 2.75) is 18.4 Å². The highest BCUT2D eigenvalue weighted by molar-refractivity contribution is 5.94. The Labute approximate surface area is 130 Å². The first-order valence-corrected chi connectivity index (χ1v) is 7.53. The van der Waals surface area contributed by atoms with Crippen molar-refractivity contribution in [1.29, 1.82) is 0 Å². The number of hydrogen-bond acceptors (Lipinski definition) is 3. The maximum absolute atomic E-state index is 12.0. The van der Waals surface area contributed by atoms with Crippen LogP contribution < -0.4 is 15.8 Å². The summed E-state index contributed by atoms with van der Waals surface area (Å²) < 4.78 is 6.05. The summed E-state index contributed by atoms with van der Waals surface area (Å²) in [6, 6.07) is 17.2. The number of carbonyl (C=O) groups is 1. The molecular weight excluding hydrogens is 276 g/mol. The summed E-state index contributed by atoms with van der Waals surface area (Å²) in [6.07, 6.45) is 1.48. The minimum atomic E-state index is -0.409. The van der Waals surface area contributed by atoms with E-state index in [0.717, 1.165) is 12.2 Å². The summed E-state index contributed by atoms with van der Waals surface area (Å²) in [7, 11) is 0. The van der Waals surface area contributed by atoms with Crippen LogP contribution in [-0.4, -0.2) is 24.6 Å². The standard InChI is InChI=1S/C18H20N2O2/c19-13-18(12-15-8-4-5-9-16(15)22-18)10-11-20-17(21)14-6-2-1-3-7-14/h1-9H,10-13,19H2,(H,20,21). The first kappa shape index (κ1) is 14.6. The first-order chi connectivity index (χ1) is 10.7. The molecule has 4 nitrogen and oxygen atoms in total. The van der Waals surface area contributed by atoms with Crippen molar-refractivity contribution >= 4 is 5.91 Å². The van der Waals surface area contributed by atoms with E-state index in [1.807, 2.05) is 36.4 Å². The fraction of sp³-hybridized carbons (Fsp3) is 0.278. The number of nitrogens with one attached hydrogen (secondary N) is 1. The Hall–Kier alpha value is -2.33.